The van der Waals surface area contributed by atoms with Crippen LogP contribution in [0.3, 0.4) is 0 Å². The summed E-state index contributed by atoms with van der Waals surface area (Å²) in [5, 5.41) is 30.1. The Morgan fingerprint density at radius 1 is 1.12 bits per heavy atom. The molecule has 0 aliphatic carbocycles. The molecular weight excluding hydrogens is 378 g/mol. The van der Waals surface area contributed by atoms with E-state index >= 15 is 0 Å². The molecule has 3 N–H and O–H groups in total. The molecule has 134 valence electrons. The van der Waals surface area contributed by atoms with Crippen molar-refractivity contribution in [2.75, 3.05) is 5.75 Å². The van der Waals surface area contributed by atoms with E-state index in [4.69, 9.17) is 16.0 Å². The fraction of sp³-hybridized carbons (Fsp3) is 0.118. The van der Waals surface area contributed by atoms with Gasteiger partial charge in [0.05, 0.1) is 5.75 Å². The van der Waals surface area contributed by atoms with Gasteiger partial charge in [0.25, 0.3) is 5.22 Å². The number of nitrogens with one attached hydrogen (secondary N) is 1. The summed E-state index contributed by atoms with van der Waals surface area (Å²) in [4.78, 5) is 11.9. The number of phenols is 2. The fourth-order valence-electron chi connectivity index (χ4n) is 2.04. The van der Waals surface area contributed by atoms with Crippen LogP contribution >= 0.6 is 23.4 Å². The van der Waals surface area contributed by atoms with Gasteiger partial charge >= 0.3 is 0 Å². The predicted molar refractivity (Wildman–Crippen MR) is 97.1 cm³/mol. The topological polar surface area (TPSA) is 108 Å². The molecule has 9 heteroatoms. The third-order valence-electron chi connectivity index (χ3n) is 3.35. The van der Waals surface area contributed by atoms with Crippen molar-refractivity contribution < 1.29 is 19.4 Å². The Balaban J connectivity index is 1.50. The van der Waals surface area contributed by atoms with Gasteiger partial charge in [-0.15, -0.1) is 10.2 Å². The third kappa shape index (κ3) is 4.68. The van der Waals surface area contributed by atoms with Gasteiger partial charge in [-0.1, -0.05) is 29.4 Å². The van der Waals surface area contributed by atoms with Gasteiger partial charge in [-0.25, -0.2) is 0 Å². The molecule has 0 spiro atoms. The van der Waals surface area contributed by atoms with Gasteiger partial charge in [-0.2, -0.15) is 0 Å². The van der Waals surface area contributed by atoms with Crippen LogP contribution in [-0.2, 0) is 11.3 Å². The zero-order valence-corrected chi connectivity index (χ0v) is 14.9. The fourth-order valence-corrected chi connectivity index (χ4v) is 2.75. The highest BCUT2D eigenvalue weighted by Gasteiger charge is 2.11. The Morgan fingerprint density at radius 3 is 2.62 bits per heavy atom. The molecule has 7 nitrogen and oxygen atoms in total. The summed E-state index contributed by atoms with van der Waals surface area (Å²) in [6.45, 7) is 0.229. The molecule has 0 radical (unpaired) electrons. The van der Waals surface area contributed by atoms with Crippen LogP contribution in [0, 0.1) is 0 Å². The second kappa shape index (κ2) is 8.11. The molecule has 1 aromatic heterocycles. The van der Waals surface area contributed by atoms with E-state index in [1.807, 2.05) is 0 Å². The largest absolute Gasteiger partial charge is 0.504 e. The van der Waals surface area contributed by atoms with Crippen LogP contribution < -0.4 is 5.32 Å². The molecule has 1 amide bonds. The van der Waals surface area contributed by atoms with E-state index in [-0.39, 0.29) is 34.9 Å². The highest BCUT2D eigenvalue weighted by molar-refractivity contribution is 7.99. The molecule has 1 heterocycles. The Hall–Kier alpha value is -2.71. The molecule has 0 unspecified atom stereocenters. The van der Waals surface area contributed by atoms with Crippen LogP contribution in [0.5, 0.6) is 11.5 Å². The van der Waals surface area contributed by atoms with Crippen LogP contribution in [0.1, 0.15) is 5.56 Å². The van der Waals surface area contributed by atoms with Crippen molar-refractivity contribution >= 4 is 29.3 Å². The highest BCUT2D eigenvalue weighted by Crippen LogP contribution is 2.25. The molecule has 0 bridgehead atoms. The number of aromatic hydroxyl groups is 2. The maximum absolute atomic E-state index is 11.9. The number of carbonyl (C=O) groups excluding carboxylic acids is 1. The van der Waals surface area contributed by atoms with E-state index < -0.39 is 0 Å². The van der Waals surface area contributed by atoms with E-state index in [0.717, 1.165) is 17.3 Å². The lowest BCUT2D eigenvalue weighted by molar-refractivity contribution is -0.118. The van der Waals surface area contributed by atoms with E-state index in [9.17, 15) is 15.0 Å². The van der Waals surface area contributed by atoms with Crippen molar-refractivity contribution in [1.82, 2.24) is 15.5 Å². The predicted octanol–water partition coefficient (Wildman–Crippen LogP) is 3.21. The Bertz CT molecular complexity index is 915. The molecule has 26 heavy (non-hydrogen) atoms. The van der Waals surface area contributed by atoms with Crippen LogP contribution in [0.25, 0.3) is 11.5 Å². The molecule has 0 aliphatic heterocycles. The first-order valence-corrected chi connectivity index (χ1v) is 8.87. The number of carbonyl (C=O) groups is 1. The summed E-state index contributed by atoms with van der Waals surface area (Å²) >= 11 is 6.96. The molecular formula is C17H14ClN3O4S. The number of thioether (sulfide) groups is 1. The number of hydrogen-bond donors (Lipinski definition) is 3. The minimum Gasteiger partial charge on any atom is -0.504 e. The van der Waals surface area contributed by atoms with E-state index in [0.29, 0.717) is 16.5 Å². The van der Waals surface area contributed by atoms with Crippen molar-refractivity contribution in [3.05, 3.63) is 53.1 Å². The molecule has 3 aromatic rings. The van der Waals surface area contributed by atoms with Crippen molar-refractivity contribution in [3.63, 3.8) is 0 Å². The summed E-state index contributed by atoms with van der Waals surface area (Å²) < 4.78 is 5.51. The molecule has 0 atom stereocenters. The smallest absolute Gasteiger partial charge is 0.277 e. The second-order valence-corrected chi connectivity index (χ2v) is 6.63. The lowest BCUT2D eigenvalue weighted by atomic mass is 10.2. The number of rotatable bonds is 6. The third-order valence-corrected chi connectivity index (χ3v) is 4.42. The zero-order chi connectivity index (χ0) is 18.5. The zero-order valence-electron chi connectivity index (χ0n) is 13.3. The number of halogens is 1. The highest BCUT2D eigenvalue weighted by atomic mass is 35.5. The van der Waals surface area contributed by atoms with Gasteiger partial charge in [0.1, 0.15) is 0 Å². The lowest BCUT2D eigenvalue weighted by Crippen LogP contribution is -2.24. The molecule has 2 aromatic carbocycles. The normalized spacial score (nSPS) is 10.7. The summed E-state index contributed by atoms with van der Waals surface area (Å²) in [6.07, 6.45) is 0. The first-order chi connectivity index (χ1) is 12.5. The first-order valence-electron chi connectivity index (χ1n) is 7.51. The van der Waals surface area contributed by atoms with Crippen molar-refractivity contribution in [1.29, 1.82) is 0 Å². The Labute approximate surface area is 158 Å². The lowest BCUT2D eigenvalue weighted by Gasteiger charge is -2.05. The van der Waals surface area contributed by atoms with Crippen LogP contribution in [0.2, 0.25) is 5.02 Å². The van der Waals surface area contributed by atoms with Crippen LogP contribution in [0.15, 0.2) is 52.1 Å². The maximum atomic E-state index is 11.9. The van der Waals surface area contributed by atoms with Crippen LogP contribution in [-0.4, -0.2) is 32.1 Å². The summed E-state index contributed by atoms with van der Waals surface area (Å²) in [5.74, 6) is -0.208. The van der Waals surface area contributed by atoms with E-state index in [2.05, 4.69) is 15.5 Å². The average molecular weight is 392 g/mol. The van der Waals surface area contributed by atoms with Crippen LogP contribution in [0.4, 0.5) is 0 Å². The van der Waals surface area contributed by atoms with Gasteiger partial charge in [0, 0.05) is 17.1 Å². The van der Waals surface area contributed by atoms with E-state index in [1.165, 1.54) is 12.1 Å². The number of nitrogens with zero attached hydrogens (tertiary/aromatic N) is 2. The van der Waals surface area contributed by atoms with Gasteiger partial charge in [0.2, 0.25) is 11.8 Å². The minimum absolute atomic E-state index is 0.103. The molecule has 0 aliphatic rings. The number of phenolic OH excluding ortho intramolecular Hbond substituents is 2. The number of aromatic nitrogens is 2. The second-order valence-electron chi connectivity index (χ2n) is 5.27. The van der Waals surface area contributed by atoms with Crippen molar-refractivity contribution in [2.24, 2.45) is 0 Å². The number of benzene rings is 2. The summed E-state index contributed by atoms with van der Waals surface area (Å²) in [5.41, 5.74) is 1.41. The van der Waals surface area contributed by atoms with Gasteiger partial charge in [-0.3, -0.25) is 4.79 Å². The first kappa shape index (κ1) is 18.1. The summed E-state index contributed by atoms with van der Waals surface area (Å²) in [7, 11) is 0. The van der Waals surface area contributed by atoms with E-state index in [1.54, 1.807) is 30.3 Å². The maximum Gasteiger partial charge on any atom is 0.277 e. The number of hydrogen-bond acceptors (Lipinski definition) is 7. The SMILES string of the molecule is O=C(CSc1nnc(-c2ccc(Cl)cc2)o1)NCc1ccc(O)c(O)c1. The monoisotopic (exact) mass is 391 g/mol. The molecule has 0 saturated carbocycles. The quantitative estimate of drug-likeness (QED) is 0.437. The molecule has 0 saturated heterocycles. The Morgan fingerprint density at radius 2 is 1.88 bits per heavy atom. The van der Waals surface area contributed by atoms with Crippen molar-refractivity contribution in [2.45, 2.75) is 11.8 Å². The van der Waals surface area contributed by atoms with Gasteiger partial charge in [0.15, 0.2) is 11.5 Å². The van der Waals surface area contributed by atoms with Gasteiger partial charge < -0.3 is 19.9 Å². The van der Waals surface area contributed by atoms with Crippen molar-refractivity contribution in [3.8, 4) is 23.0 Å². The summed E-state index contributed by atoms with van der Waals surface area (Å²) in [6, 6.07) is 11.3. The molecule has 3 rings (SSSR count). The van der Waals surface area contributed by atoms with Gasteiger partial charge in [-0.05, 0) is 42.0 Å². The minimum atomic E-state index is -0.230. The molecule has 0 fully saturated rings. The number of amides is 1. The average Bonchev–Trinajstić information content (AvgIpc) is 3.10. The standard InChI is InChI=1S/C17H14ClN3O4S/c18-12-4-2-11(3-5-12)16-20-21-17(25-16)26-9-15(24)19-8-10-1-6-13(22)14(23)7-10/h1-7,22-23H,8-9H2,(H,19,24). The Kier molecular flexibility index (Phi) is 5.65.